The molecule has 0 saturated carbocycles. The van der Waals surface area contributed by atoms with Gasteiger partial charge in [0.15, 0.2) is 0 Å². The zero-order valence-electron chi connectivity index (χ0n) is 11.0. The van der Waals surface area contributed by atoms with Gasteiger partial charge in [0, 0.05) is 26.1 Å². The van der Waals surface area contributed by atoms with Gasteiger partial charge >= 0.3 is 0 Å². The van der Waals surface area contributed by atoms with E-state index in [0.717, 1.165) is 57.1 Å². The summed E-state index contributed by atoms with van der Waals surface area (Å²) >= 11 is 0. The Morgan fingerprint density at radius 1 is 1.44 bits per heavy atom. The molecule has 6 heteroatoms. The zero-order chi connectivity index (χ0) is 13.0. The van der Waals surface area contributed by atoms with E-state index >= 15 is 0 Å². The summed E-state index contributed by atoms with van der Waals surface area (Å²) in [5.41, 5.74) is 6.07. The summed E-state index contributed by atoms with van der Waals surface area (Å²) in [7, 11) is 0. The van der Waals surface area contributed by atoms with Gasteiger partial charge in [-0.2, -0.15) is 4.98 Å². The SMILES string of the molecule is CC1(CN)CCN(c2n[nH]c(CCCO)n2)CC1. The van der Waals surface area contributed by atoms with E-state index in [1.807, 2.05) is 0 Å². The second-order valence-corrected chi connectivity index (χ2v) is 5.41. The van der Waals surface area contributed by atoms with Crippen molar-refractivity contribution in [1.29, 1.82) is 0 Å². The molecule has 0 radical (unpaired) electrons. The number of aliphatic hydroxyl groups is 1. The fourth-order valence-corrected chi connectivity index (χ4v) is 2.24. The molecule has 4 N–H and O–H groups in total. The number of piperidine rings is 1. The van der Waals surface area contributed by atoms with Crippen LogP contribution < -0.4 is 10.6 Å². The lowest BCUT2D eigenvalue weighted by molar-refractivity contribution is 0.257. The predicted octanol–water partition coefficient (Wildman–Crippen LogP) is 0.295. The van der Waals surface area contributed by atoms with E-state index in [2.05, 4.69) is 27.0 Å². The molecule has 102 valence electrons. The summed E-state index contributed by atoms with van der Waals surface area (Å²) in [4.78, 5) is 6.67. The van der Waals surface area contributed by atoms with Crippen LogP contribution in [0.1, 0.15) is 32.0 Å². The maximum Gasteiger partial charge on any atom is 0.244 e. The van der Waals surface area contributed by atoms with Crippen LogP contribution >= 0.6 is 0 Å². The lowest BCUT2D eigenvalue weighted by Gasteiger charge is -2.38. The monoisotopic (exact) mass is 253 g/mol. The van der Waals surface area contributed by atoms with Crippen LogP contribution in [0.25, 0.3) is 0 Å². The third-order valence-electron chi connectivity index (χ3n) is 3.84. The molecule has 0 aromatic carbocycles. The molecule has 1 saturated heterocycles. The van der Waals surface area contributed by atoms with Gasteiger partial charge in [-0.25, -0.2) is 0 Å². The first-order valence-electron chi connectivity index (χ1n) is 6.64. The van der Waals surface area contributed by atoms with E-state index in [0.29, 0.717) is 0 Å². The topological polar surface area (TPSA) is 91.1 Å². The fourth-order valence-electron chi connectivity index (χ4n) is 2.24. The maximum absolute atomic E-state index is 8.78. The van der Waals surface area contributed by atoms with Gasteiger partial charge in [-0.1, -0.05) is 6.92 Å². The van der Waals surface area contributed by atoms with E-state index < -0.39 is 0 Å². The minimum Gasteiger partial charge on any atom is -0.396 e. The highest BCUT2D eigenvalue weighted by molar-refractivity contribution is 5.29. The fraction of sp³-hybridized carbons (Fsp3) is 0.833. The molecule has 2 heterocycles. The number of hydrogen-bond donors (Lipinski definition) is 3. The van der Waals surface area contributed by atoms with Crippen molar-refractivity contribution >= 4 is 5.95 Å². The smallest absolute Gasteiger partial charge is 0.244 e. The number of aromatic nitrogens is 3. The molecule has 1 aliphatic heterocycles. The van der Waals surface area contributed by atoms with E-state index in [1.54, 1.807) is 0 Å². The van der Waals surface area contributed by atoms with Gasteiger partial charge in [0.25, 0.3) is 0 Å². The molecule has 1 aromatic rings. The van der Waals surface area contributed by atoms with Gasteiger partial charge in [0.2, 0.25) is 5.95 Å². The minimum absolute atomic E-state index is 0.189. The molecular formula is C12H23N5O. The second-order valence-electron chi connectivity index (χ2n) is 5.41. The summed E-state index contributed by atoms with van der Waals surface area (Å²) in [6.45, 7) is 5.11. The number of aromatic amines is 1. The average molecular weight is 253 g/mol. The molecule has 0 aliphatic carbocycles. The summed E-state index contributed by atoms with van der Waals surface area (Å²) in [6, 6.07) is 0. The quantitative estimate of drug-likeness (QED) is 0.702. The Balaban J connectivity index is 1.91. The maximum atomic E-state index is 8.78. The Morgan fingerprint density at radius 3 is 2.78 bits per heavy atom. The summed E-state index contributed by atoms with van der Waals surface area (Å²) < 4.78 is 0. The van der Waals surface area contributed by atoms with Gasteiger partial charge in [-0.3, -0.25) is 5.10 Å². The largest absolute Gasteiger partial charge is 0.396 e. The molecule has 1 fully saturated rings. The van der Waals surface area contributed by atoms with Crippen molar-refractivity contribution in [3.63, 3.8) is 0 Å². The highest BCUT2D eigenvalue weighted by Gasteiger charge is 2.29. The van der Waals surface area contributed by atoms with Crippen molar-refractivity contribution < 1.29 is 5.11 Å². The third-order valence-corrected chi connectivity index (χ3v) is 3.84. The Labute approximate surface area is 108 Å². The number of hydrogen-bond acceptors (Lipinski definition) is 5. The van der Waals surface area contributed by atoms with E-state index in [-0.39, 0.29) is 12.0 Å². The standard InChI is InChI=1S/C12H23N5O/c1-12(9-13)4-6-17(7-5-12)11-14-10(15-16-11)3-2-8-18/h18H,2-9,13H2,1H3,(H,14,15,16). The molecular weight excluding hydrogens is 230 g/mol. The number of aliphatic hydroxyl groups excluding tert-OH is 1. The lowest BCUT2D eigenvalue weighted by atomic mass is 9.81. The zero-order valence-corrected chi connectivity index (χ0v) is 11.0. The Morgan fingerprint density at radius 2 is 2.17 bits per heavy atom. The molecule has 0 atom stereocenters. The van der Waals surface area contributed by atoms with Gasteiger partial charge in [0.05, 0.1) is 0 Å². The van der Waals surface area contributed by atoms with Gasteiger partial charge in [-0.05, 0) is 31.2 Å². The molecule has 2 rings (SSSR count). The van der Waals surface area contributed by atoms with Crippen LogP contribution in [0.2, 0.25) is 0 Å². The first-order valence-corrected chi connectivity index (χ1v) is 6.64. The molecule has 6 nitrogen and oxygen atoms in total. The predicted molar refractivity (Wildman–Crippen MR) is 70.4 cm³/mol. The van der Waals surface area contributed by atoms with Crippen LogP contribution in [0.15, 0.2) is 0 Å². The van der Waals surface area contributed by atoms with E-state index in [1.165, 1.54) is 0 Å². The molecule has 0 bridgehead atoms. The first-order chi connectivity index (χ1) is 8.67. The van der Waals surface area contributed by atoms with Crippen LogP contribution in [-0.4, -0.2) is 46.5 Å². The van der Waals surface area contributed by atoms with Gasteiger partial charge < -0.3 is 15.7 Å². The Kier molecular flexibility index (Phi) is 4.19. The lowest BCUT2D eigenvalue weighted by Crippen LogP contribution is -2.42. The van der Waals surface area contributed by atoms with Crippen molar-refractivity contribution in [2.75, 3.05) is 31.1 Å². The van der Waals surface area contributed by atoms with Gasteiger partial charge in [0.1, 0.15) is 5.82 Å². The molecule has 18 heavy (non-hydrogen) atoms. The van der Waals surface area contributed by atoms with E-state index in [4.69, 9.17) is 10.8 Å². The number of anilines is 1. The van der Waals surface area contributed by atoms with E-state index in [9.17, 15) is 0 Å². The van der Waals surface area contributed by atoms with Crippen LogP contribution in [0, 0.1) is 5.41 Å². The first kappa shape index (κ1) is 13.3. The van der Waals surface area contributed by atoms with Crippen molar-refractivity contribution in [2.45, 2.75) is 32.6 Å². The average Bonchev–Trinajstić information content (AvgIpc) is 2.86. The number of nitrogens with one attached hydrogen (secondary N) is 1. The number of nitrogens with two attached hydrogens (primary N) is 1. The van der Waals surface area contributed by atoms with Crippen LogP contribution in [0.3, 0.4) is 0 Å². The Hall–Kier alpha value is -1.14. The number of aryl methyl sites for hydroxylation is 1. The number of H-pyrrole nitrogens is 1. The summed E-state index contributed by atoms with van der Waals surface area (Å²) in [5.74, 6) is 1.63. The van der Waals surface area contributed by atoms with Crippen molar-refractivity contribution in [2.24, 2.45) is 11.1 Å². The summed E-state index contributed by atoms with van der Waals surface area (Å²) in [5, 5.41) is 16.0. The van der Waals surface area contributed by atoms with Crippen molar-refractivity contribution in [3.05, 3.63) is 5.82 Å². The Bertz CT molecular complexity index is 370. The third kappa shape index (κ3) is 3.00. The van der Waals surface area contributed by atoms with Crippen LogP contribution in [0.4, 0.5) is 5.95 Å². The number of nitrogens with zero attached hydrogens (tertiary/aromatic N) is 3. The summed E-state index contributed by atoms with van der Waals surface area (Å²) in [6.07, 6.45) is 3.64. The molecule has 0 spiro atoms. The van der Waals surface area contributed by atoms with Crippen molar-refractivity contribution in [3.8, 4) is 0 Å². The number of rotatable bonds is 5. The normalized spacial score (nSPS) is 19.2. The second kappa shape index (κ2) is 5.67. The molecule has 1 aliphatic rings. The van der Waals surface area contributed by atoms with Crippen LogP contribution in [-0.2, 0) is 6.42 Å². The molecule has 0 unspecified atom stereocenters. The molecule has 0 amide bonds. The van der Waals surface area contributed by atoms with Crippen LogP contribution in [0.5, 0.6) is 0 Å². The van der Waals surface area contributed by atoms with Crippen molar-refractivity contribution in [1.82, 2.24) is 15.2 Å². The van der Waals surface area contributed by atoms with Gasteiger partial charge in [-0.15, -0.1) is 5.10 Å². The molecule has 1 aromatic heterocycles. The highest BCUT2D eigenvalue weighted by Crippen LogP contribution is 2.30. The highest BCUT2D eigenvalue weighted by atomic mass is 16.2. The minimum atomic E-state index is 0.189.